The van der Waals surface area contributed by atoms with Crippen molar-refractivity contribution < 1.29 is 28.6 Å². The summed E-state index contributed by atoms with van der Waals surface area (Å²) in [5.74, 6) is -0.883. The van der Waals surface area contributed by atoms with E-state index >= 15 is 0 Å². The molecule has 0 aromatic rings. The molecule has 0 radical (unpaired) electrons. The maximum Gasteiger partial charge on any atom is 0.306 e. The molecule has 6 heteroatoms. The van der Waals surface area contributed by atoms with E-state index in [4.69, 9.17) is 14.2 Å². The van der Waals surface area contributed by atoms with Crippen molar-refractivity contribution in [1.82, 2.24) is 0 Å². The van der Waals surface area contributed by atoms with Crippen LogP contribution in [0.25, 0.3) is 0 Å². The van der Waals surface area contributed by atoms with Gasteiger partial charge in [-0.05, 0) is 44.9 Å². The van der Waals surface area contributed by atoms with Crippen LogP contribution >= 0.6 is 0 Å². The highest BCUT2D eigenvalue weighted by atomic mass is 16.6. The number of esters is 3. The van der Waals surface area contributed by atoms with Crippen LogP contribution in [0.5, 0.6) is 0 Å². The molecule has 0 aromatic heterocycles. The first-order valence-electron chi connectivity index (χ1n) is 21.7. The molecule has 0 rings (SSSR count). The Morgan fingerprint density at radius 1 is 0.380 bits per heavy atom. The van der Waals surface area contributed by atoms with Gasteiger partial charge in [0.2, 0.25) is 0 Å². The lowest BCUT2D eigenvalue weighted by Gasteiger charge is -2.18. The van der Waals surface area contributed by atoms with E-state index in [9.17, 15) is 14.4 Å². The van der Waals surface area contributed by atoms with E-state index in [0.717, 1.165) is 64.2 Å². The topological polar surface area (TPSA) is 78.9 Å². The van der Waals surface area contributed by atoms with E-state index in [2.05, 4.69) is 32.9 Å². The van der Waals surface area contributed by atoms with Crippen molar-refractivity contribution >= 4 is 17.9 Å². The first-order chi connectivity index (χ1) is 24.5. The Morgan fingerprint density at radius 2 is 0.660 bits per heavy atom. The molecule has 0 bridgehead atoms. The van der Waals surface area contributed by atoms with Crippen molar-refractivity contribution in [2.24, 2.45) is 0 Å². The zero-order chi connectivity index (χ0) is 36.6. The Balaban J connectivity index is 4.25. The van der Waals surface area contributed by atoms with Crippen LogP contribution in [0.15, 0.2) is 12.2 Å². The van der Waals surface area contributed by atoms with Crippen molar-refractivity contribution in [3.63, 3.8) is 0 Å². The quantitative estimate of drug-likeness (QED) is 0.0274. The molecule has 1 unspecified atom stereocenters. The van der Waals surface area contributed by atoms with Crippen molar-refractivity contribution in [3.05, 3.63) is 12.2 Å². The molecule has 0 aliphatic heterocycles. The van der Waals surface area contributed by atoms with Crippen molar-refractivity contribution in [2.75, 3.05) is 13.2 Å². The Labute approximate surface area is 310 Å². The first kappa shape index (κ1) is 48.1. The molecule has 0 saturated heterocycles. The van der Waals surface area contributed by atoms with Gasteiger partial charge in [-0.3, -0.25) is 14.4 Å². The van der Waals surface area contributed by atoms with Crippen LogP contribution in [0.4, 0.5) is 0 Å². The van der Waals surface area contributed by atoms with Gasteiger partial charge in [0, 0.05) is 19.3 Å². The zero-order valence-electron chi connectivity index (χ0n) is 33.4. The van der Waals surface area contributed by atoms with Crippen LogP contribution in [0, 0.1) is 0 Å². The minimum absolute atomic E-state index is 0.0696. The fourth-order valence-electron chi connectivity index (χ4n) is 6.20. The van der Waals surface area contributed by atoms with Crippen LogP contribution in [0.2, 0.25) is 0 Å². The molecule has 0 heterocycles. The minimum atomic E-state index is -0.762. The third-order valence-corrected chi connectivity index (χ3v) is 9.52. The minimum Gasteiger partial charge on any atom is -0.462 e. The second-order valence-corrected chi connectivity index (χ2v) is 14.6. The summed E-state index contributed by atoms with van der Waals surface area (Å²) in [7, 11) is 0. The number of carbonyl (C=O) groups is 3. The van der Waals surface area contributed by atoms with Crippen molar-refractivity contribution in [2.45, 2.75) is 239 Å². The van der Waals surface area contributed by atoms with Gasteiger partial charge in [0.15, 0.2) is 6.10 Å². The number of rotatable bonds is 39. The van der Waals surface area contributed by atoms with Crippen molar-refractivity contribution in [3.8, 4) is 0 Å². The number of hydrogen-bond donors (Lipinski definition) is 0. The molecular weight excluding hydrogens is 624 g/mol. The SMILES string of the molecule is CCCCCCCCC/C=C\CCCCCCCC(=O)OCC(COC(=O)CCCCCCCCCC)OC(=O)CCCCCCCCCC. The molecule has 0 fully saturated rings. The van der Waals surface area contributed by atoms with E-state index in [1.54, 1.807) is 0 Å². The predicted octanol–water partition coefficient (Wildman–Crippen LogP) is 13.5. The van der Waals surface area contributed by atoms with Gasteiger partial charge in [0.1, 0.15) is 13.2 Å². The summed E-state index contributed by atoms with van der Waals surface area (Å²) < 4.78 is 16.6. The molecule has 0 aliphatic carbocycles. The average molecular weight is 707 g/mol. The normalized spacial score (nSPS) is 12.0. The van der Waals surface area contributed by atoms with Gasteiger partial charge in [-0.1, -0.05) is 181 Å². The third-order valence-electron chi connectivity index (χ3n) is 9.52. The summed E-state index contributed by atoms with van der Waals surface area (Å²) in [5.41, 5.74) is 0. The molecule has 0 aliphatic rings. The highest BCUT2D eigenvalue weighted by Gasteiger charge is 2.19. The lowest BCUT2D eigenvalue weighted by molar-refractivity contribution is -0.167. The molecule has 50 heavy (non-hydrogen) atoms. The van der Waals surface area contributed by atoms with Gasteiger partial charge in [0.05, 0.1) is 0 Å². The second kappa shape index (κ2) is 39.9. The van der Waals surface area contributed by atoms with Crippen LogP contribution in [-0.2, 0) is 28.6 Å². The monoisotopic (exact) mass is 707 g/mol. The highest BCUT2D eigenvalue weighted by Crippen LogP contribution is 2.14. The summed E-state index contributed by atoms with van der Waals surface area (Å²) in [6, 6.07) is 0. The van der Waals surface area contributed by atoms with Crippen LogP contribution in [-0.4, -0.2) is 37.2 Å². The van der Waals surface area contributed by atoms with Gasteiger partial charge in [0.25, 0.3) is 0 Å². The maximum atomic E-state index is 12.6. The second-order valence-electron chi connectivity index (χ2n) is 14.6. The highest BCUT2D eigenvalue weighted by molar-refractivity contribution is 5.71. The van der Waals surface area contributed by atoms with Gasteiger partial charge in [-0.2, -0.15) is 0 Å². The lowest BCUT2D eigenvalue weighted by Crippen LogP contribution is -2.30. The van der Waals surface area contributed by atoms with Crippen molar-refractivity contribution in [1.29, 1.82) is 0 Å². The van der Waals surface area contributed by atoms with E-state index < -0.39 is 6.10 Å². The van der Waals surface area contributed by atoms with Gasteiger partial charge in [-0.25, -0.2) is 0 Å². The molecule has 0 N–H and O–H groups in total. The Hall–Kier alpha value is -1.85. The molecule has 0 saturated carbocycles. The first-order valence-corrected chi connectivity index (χ1v) is 21.7. The largest absolute Gasteiger partial charge is 0.462 e. The Bertz CT molecular complexity index is 778. The molecule has 6 nitrogen and oxygen atoms in total. The van der Waals surface area contributed by atoms with Crippen LogP contribution < -0.4 is 0 Å². The summed E-state index contributed by atoms with van der Waals surface area (Å²) in [6.45, 7) is 6.57. The van der Waals surface area contributed by atoms with E-state index in [0.29, 0.717) is 19.3 Å². The number of carbonyl (C=O) groups excluding carboxylic acids is 3. The number of hydrogen-bond acceptors (Lipinski definition) is 6. The van der Waals surface area contributed by atoms with Gasteiger partial charge in [-0.15, -0.1) is 0 Å². The summed E-state index contributed by atoms with van der Waals surface area (Å²) in [6.07, 6.45) is 40.6. The molecule has 0 amide bonds. The van der Waals surface area contributed by atoms with Gasteiger partial charge < -0.3 is 14.2 Å². The number of ether oxygens (including phenoxy) is 3. The van der Waals surface area contributed by atoms with Gasteiger partial charge >= 0.3 is 17.9 Å². The molecule has 0 spiro atoms. The maximum absolute atomic E-state index is 12.6. The molecular formula is C44H82O6. The van der Waals surface area contributed by atoms with Crippen LogP contribution in [0.3, 0.4) is 0 Å². The summed E-state index contributed by atoms with van der Waals surface area (Å²) in [5, 5.41) is 0. The van der Waals surface area contributed by atoms with E-state index in [1.165, 1.54) is 128 Å². The fraction of sp³-hybridized carbons (Fsp3) is 0.886. The predicted molar refractivity (Wildman–Crippen MR) is 210 cm³/mol. The average Bonchev–Trinajstić information content (AvgIpc) is 3.11. The molecule has 1 atom stereocenters. The molecule has 0 aromatic carbocycles. The smallest absolute Gasteiger partial charge is 0.306 e. The summed E-state index contributed by atoms with van der Waals surface area (Å²) in [4.78, 5) is 37.4. The van der Waals surface area contributed by atoms with E-state index in [-0.39, 0.29) is 31.1 Å². The summed E-state index contributed by atoms with van der Waals surface area (Å²) >= 11 is 0. The Kier molecular flexibility index (Phi) is 38.5. The zero-order valence-corrected chi connectivity index (χ0v) is 33.4. The number of allylic oxidation sites excluding steroid dienone is 2. The fourth-order valence-corrected chi connectivity index (χ4v) is 6.20. The number of unbranched alkanes of at least 4 members (excludes halogenated alkanes) is 26. The van der Waals surface area contributed by atoms with E-state index in [1.807, 2.05) is 0 Å². The lowest BCUT2D eigenvalue weighted by atomic mass is 10.1. The van der Waals surface area contributed by atoms with Crippen LogP contribution in [0.1, 0.15) is 233 Å². The standard InChI is InChI=1S/C44H82O6/c1-4-7-10-13-16-19-20-21-22-23-24-25-26-29-31-34-37-43(46)49-40-41(50-44(47)38-35-32-28-18-15-12-9-6-3)39-48-42(45)36-33-30-27-17-14-11-8-5-2/h22-23,41H,4-21,24-40H2,1-3H3/b23-22-. The Morgan fingerprint density at radius 3 is 1.00 bits per heavy atom. The molecule has 294 valence electrons. The third kappa shape index (κ3) is 37.4.